The maximum absolute atomic E-state index is 10.2. The number of hydrogen-bond acceptors (Lipinski definition) is 4. The van der Waals surface area contributed by atoms with Crippen molar-refractivity contribution in [3.63, 3.8) is 0 Å². The minimum atomic E-state index is -1.61. The minimum Gasteiger partial charge on any atom is -0.394 e. The van der Waals surface area contributed by atoms with E-state index in [4.69, 9.17) is 5.11 Å². The molecule has 0 aromatic rings. The van der Waals surface area contributed by atoms with Gasteiger partial charge in [-0.15, -0.1) is 0 Å². The Bertz CT molecular complexity index is 103. The fourth-order valence-electron chi connectivity index (χ4n) is 0.381. The van der Waals surface area contributed by atoms with Gasteiger partial charge in [-0.1, -0.05) is 0 Å². The zero-order valence-electron chi connectivity index (χ0n) is 4.07. The van der Waals surface area contributed by atoms with E-state index in [1.165, 1.54) is 0 Å². The summed E-state index contributed by atoms with van der Waals surface area (Å²) in [7, 11) is 0. The third-order valence-electron chi connectivity index (χ3n) is 0.768. The molecular weight excluding hydrogens is 132 g/mol. The van der Waals surface area contributed by atoms with Gasteiger partial charge in [-0.25, -0.2) is 0 Å². The second-order valence-electron chi connectivity index (χ2n) is 1.39. The Balaban J connectivity index is 2.32. The van der Waals surface area contributed by atoms with Crippen molar-refractivity contribution < 1.29 is 17.7 Å². The van der Waals surface area contributed by atoms with E-state index in [-0.39, 0.29) is 13.2 Å². The molecule has 0 aliphatic carbocycles. The molecule has 0 spiro atoms. The first-order valence-electron chi connectivity index (χ1n) is 2.16. The highest BCUT2D eigenvalue weighted by molar-refractivity contribution is 7.75. The van der Waals surface area contributed by atoms with Crippen LogP contribution in [0.15, 0.2) is 0 Å². The van der Waals surface area contributed by atoms with Crippen LogP contribution in [0.1, 0.15) is 0 Å². The quantitative estimate of drug-likeness (QED) is 0.503. The SMILES string of the molecule is O=S1OC[C@H](CO)O1. The summed E-state index contributed by atoms with van der Waals surface area (Å²) >= 11 is -1.61. The Morgan fingerprint density at radius 2 is 2.62 bits per heavy atom. The van der Waals surface area contributed by atoms with Crippen molar-refractivity contribution >= 4 is 11.4 Å². The van der Waals surface area contributed by atoms with E-state index < -0.39 is 17.5 Å². The van der Waals surface area contributed by atoms with Gasteiger partial charge in [-0.3, -0.25) is 8.37 Å². The van der Waals surface area contributed by atoms with E-state index in [1.807, 2.05) is 0 Å². The summed E-state index contributed by atoms with van der Waals surface area (Å²) in [5, 5.41) is 8.34. The second kappa shape index (κ2) is 2.54. The molecule has 8 heavy (non-hydrogen) atoms. The normalized spacial score (nSPS) is 38.1. The average Bonchev–Trinajstić information content (AvgIpc) is 2.14. The van der Waals surface area contributed by atoms with Crippen LogP contribution in [0.3, 0.4) is 0 Å². The Hall–Kier alpha value is 0.0300. The predicted octanol–water partition coefficient (Wildman–Crippen LogP) is -1.03. The largest absolute Gasteiger partial charge is 0.394 e. The topological polar surface area (TPSA) is 55.8 Å². The number of rotatable bonds is 1. The molecule has 1 N–H and O–H groups in total. The summed E-state index contributed by atoms with van der Waals surface area (Å²) in [6, 6.07) is 0. The molecule has 0 amide bonds. The first-order chi connectivity index (χ1) is 3.83. The van der Waals surface area contributed by atoms with Gasteiger partial charge in [0.05, 0.1) is 13.2 Å². The van der Waals surface area contributed by atoms with Crippen LogP contribution in [0, 0.1) is 0 Å². The maximum atomic E-state index is 10.2. The Morgan fingerprint density at radius 3 is 2.88 bits per heavy atom. The van der Waals surface area contributed by atoms with Crippen molar-refractivity contribution in [1.82, 2.24) is 0 Å². The smallest absolute Gasteiger partial charge is 0.305 e. The van der Waals surface area contributed by atoms with Crippen LogP contribution in [0.25, 0.3) is 0 Å². The van der Waals surface area contributed by atoms with Crippen LogP contribution in [0.2, 0.25) is 0 Å². The molecule has 0 saturated carbocycles. The molecule has 1 unspecified atom stereocenters. The first kappa shape index (κ1) is 6.15. The van der Waals surface area contributed by atoms with Gasteiger partial charge in [0.25, 0.3) is 0 Å². The summed E-state index contributed by atoms with van der Waals surface area (Å²) < 4.78 is 19.1. The summed E-state index contributed by atoms with van der Waals surface area (Å²) in [5.74, 6) is 0. The second-order valence-corrected chi connectivity index (χ2v) is 2.23. The van der Waals surface area contributed by atoms with Crippen molar-refractivity contribution in [2.45, 2.75) is 6.10 Å². The molecule has 1 aliphatic heterocycles. The molecule has 0 aromatic carbocycles. The lowest BCUT2D eigenvalue weighted by Crippen LogP contribution is -2.13. The van der Waals surface area contributed by atoms with Gasteiger partial charge in [0, 0.05) is 0 Å². The van der Waals surface area contributed by atoms with E-state index in [0.29, 0.717) is 0 Å². The van der Waals surface area contributed by atoms with E-state index in [1.54, 1.807) is 0 Å². The van der Waals surface area contributed by atoms with Crippen molar-refractivity contribution in [2.75, 3.05) is 13.2 Å². The van der Waals surface area contributed by atoms with Crippen LogP contribution in [0.4, 0.5) is 0 Å². The summed E-state index contributed by atoms with van der Waals surface area (Å²) in [5.41, 5.74) is 0. The molecule has 1 fully saturated rings. The van der Waals surface area contributed by atoms with Gasteiger partial charge in [0.15, 0.2) is 0 Å². The molecule has 0 radical (unpaired) electrons. The summed E-state index contributed by atoms with van der Waals surface area (Å²) in [4.78, 5) is 0. The van der Waals surface area contributed by atoms with Gasteiger partial charge >= 0.3 is 11.4 Å². The molecule has 2 atom stereocenters. The lowest BCUT2D eigenvalue weighted by Gasteiger charge is -1.95. The number of aliphatic hydroxyl groups excluding tert-OH is 1. The maximum Gasteiger partial charge on any atom is 0.305 e. The molecule has 1 rings (SSSR count). The van der Waals surface area contributed by atoms with Gasteiger partial charge in [-0.2, -0.15) is 4.21 Å². The Morgan fingerprint density at radius 1 is 1.88 bits per heavy atom. The fraction of sp³-hybridized carbons (Fsp3) is 1.00. The van der Waals surface area contributed by atoms with E-state index in [9.17, 15) is 4.21 Å². The van der Waals surface area contributed by atoms with Crippen LogP contribution >= 0.6 is 0 Å². The molecule has 48 valence electrons. The zero-order valence-corrected chi connectivity index (χ0v) is 4.89. The highest BCUT2D eigenvalue weighted by Gasteiger charge is 2.21. The van der Waals surface area contributed by atoms with Crippen molar-refractivity contribution in [2.24, 2.45) is 0 Å². The van der Waals surface area contributed by atoms with Gasteiger partial charge in [0.1, 0.15) is 6.10 Å². The van der Waals surface area contributed by atoms with Gasteiger partial charge in [0.2, 0.25) is 0 Å². The average molecular weight is 138 g/mol. The zero-order chi connectivity index (χ0) is 5.98. The fourth-order valence-corrected chi connectivity index (χ4v) is 1.04. The van der Waals surface area contributed by atoms with Crippen LogP contribution in [-0.4, -0.2) is 28.6 Å². The van der Waals surface area contributed by atoms with Crippen molar-refractivity contribution in [3.05, 3.63) is 0 Å². The van der Waals surface area contributed by atoms with Crippen LogP contribution in [0.5, 0.6) is 0 Å². The third-order valence-corrected chi connectivity index (χ3v) is 1.53. The monoisotopic (exact) mass is 138 g/mol. The lowest BCUT2D eigenvalue weighted by atomic mass is 10.4. The first-order valence-corrected chi connectivity index (χ1v) is 3.16. The summed E-state index contributed by atoms with van der Waals surface area (Å²) in [6.45, 7) is 0.0921. The molecule has 4 nitrogen and oxygen atoms in total. The predicted molar refractivity (Wildman–Crippen MR) is 26.1 cm³/mol. The summed E-state index contributed by atoms with van der Waals surface area (Å²) in [6.07, 6.45) is -0.393. The van der Waals surface area contributed by atoms with Crippen molar-refractivity contribution in [3.8, 4) is 0 Å². The highest BCUT2D eigenvalue weighted by atomic mass is 32.2. The number of aliphatic hydroxyl groups is 1. The van der Waals surface area contributed by atoms with Gasteiger partial charge in [-0.05, 0) is 0 Å². The molecule has 0 bridgehead atoms. The third kappa shape index (κ3) is 1.25. The van der Waals surface area contributed by atoms with E-state index in [0.717, 1.165) is 0 Å². The molecule has 1 aliphatic rings. The Labute approximate surface area is 49.3 Å². The molecule has 1 heterocycles. The molecule has 5 heteroatoms. The minimum absolute atomic E-state index is 0.133. The molecule has 1 saturated heterocycles. The van der Waals surface area contributed by atoms with Crippen molar-refractivity contribution in [1.29, 1.82) is 0 Å². The van der Waals surface area contributed by atoms with E-state index in [2.05, 4.69) is 8.37 Å². The standard InChI is InChI=1S/C3H6O4S/c4-1-3-2-6-8(5)7-3/h3-4H,1-2H2/t3-,8?/m0/s1. The van der Waals surface area contributed by atoms with Crippen LogP contribution < -0.4 is 0 Å². The molecule has 0 aromatic heterocycles. The van der Waals surface area contributed by atoms with Crippen LogP contribution in [-0.2, 0) is 19.7 Å². The Kier molecular flexibility index (Phi) is 1.95. The van der Waals surface area contributed by atoms with Gasteiger partial charge < -0.3 is 5.11 Å². The highest BCUT2D eigenvalue weighted by Crippen LogP contribution is 2.06. The lowest BCUT2D eigenvalue weighted by molar-refractivity contribution is 0.137. The number of hydrogen-bond donors (Lipinski definition) is 1. The van der Waals surface area contributed by atoms with E-state index >= 15 is 0 Å². The molecular formula is C3H6O4S.